The van der Waals surface area contributed by atoms with E-state index in [2.05, 4.69) is 0 Å². The van der Waals surface area contributed by atoms with Crippen molar-refractivity contribution < 1.29 is 20.4 Å². The van der Waals surface area contributed by atoms with Crippen molar-refractivity contribution >= 4 is 0 Å². The summed E-state index contributed by atoms with van der Waals surface area (Å²) >= 11 is 0. The summed E-state index contributed by atoms with van der Waals surface area (Å²) in [6, 6.07) is 9.41. The van der Waals surface area contributed by atoms with Gasteiger partial charge in [-0.15, -0.1) is 0 Å². The second kappa shape index (κ2) is 4.00. The number of aromatic hydroxyl groups is 4. The molecule has 1 aromatic carbocycles. The molecule has 22 heavy (non-hydrogen) atoms. The van der Waals surface area contributed by atoms with Gasteiger partial charge in [-0.2, -0.15) is 0 Å². The highest BCUT2D eigenvalue weighted by atomic mass is 16.3. The standard InChI is InChI=1S/C16H14N2O4/c1-17-13(19)9-10(14(17)20)12-11(9)15(21)18(16(12)22)7-8-5-3-2-4-6-8/h2-6,19-22H,7H2,1H3. The van der Waals surface area contributed by atoms with Crippen molar-refractivity contribution in [2.24, 2.45) is 7.05 Å². The first kappa shape index (κ1) is 12.7. The van der Waals surface area contributed by atoms with Gasteiger partial charge in [-0.05, 0) is 5.56 Å². The van der Waals surface area contributed by atoms with Crippen LogP contribution in [0.3, 0.4) is 0 Å². The van der Waals surface area contributed by atoms with Gasteiger partial charge in [0, 0.05) is 7.05 Å². The number of hydrogen-bond donors (Lipinski definition) is 4. The summed E-state index contributed by atoms with van der Waals surface area (Å²) in [6.07, 6.45) is 0. The van der Waals surface area contributed by atoms with E-state index >= 15 is 0 Å². The molecule has 0 amide bonds. The summed E-state index contributed by atoms with van der Waals surface area (Å²) in [5.41, 5.74) is 2.40. The summed E-state index contributed by atoms with van der Waals surface area (Å²) in [6.45, 7) is 0.295. The third-order valence-corrected chi connectivity index (χ3v) is 4.22. The number of hydrogen-bond acceptors (Lipinski definition) is 4. The molecule has 0 fully saturated rings. The van der Waals surface area contributed by atoms with Gasteiger partial charge < -0.3 is 20.4 Å². The van der Waals surface area contributed by atoms with Crippen LogP contribution in [0.5, 0.6) is 23.5 Å². The Kier molecular flexibility index (Phi) is 2.31. The average Bonchev–Trinajstić information content (AvgIpc) is 2.78. The van der Waals surface area contributed by atoms with Crippen LogP contribution in [0.2, 0.25) is 0 Å². The van der Waals surface area contributed by atoms with Crippen LogP contribution in [0.15, 0.2) is 30.3 Å². The van der Waals surface area contributed by atoms with Crippen LogP contribution in [-0.2, 0) is 13.6 Å². The quantitative estimate of drug-likeness (QED) is 0.457. The predicted molar refractivity (Wildman–Crippen MR) is 80.0 cm³/mol. The van der Waals surface area contributed by atoms with Gasteiger partial charge in [-0.3, -0.25) is 9.13 Å². The molecule has 1 aliphatic rings. The first-order chi connectivity index (χ1) is 10.5. The molecule has 2 aromatic heterocycles. The lowest BCUT2D eigenvalue weighted by Crippen LogP contribution is -1.98. The minimum Gasteiger partial charge on any atom is -0.494 e. The molecule has 0 saturated heterocycles. The first-order valence-corrected chi connectivity index (χ1v) is 6.82. The van der Waals surface area contributed by atoms with Crippen molar-refractivity contribution in [3.63, 3.8) is 0 Å². The van der Waals surface area contributed by atoms with Crippen LogP contribution in [0, 0.1) is 0 Å². The monoisotopic (exact) mass is 298 g/mol. The average molecular weight is 298 g/mol. The molecule has 0 unspecified atom stereocenters. The molecule has 0 atom stereocenters. The molecule has 0 spiro atoms. The molecule has 4 N–H and O–H groups in total. The first-order valence-electron chi connectivity index (χ1n) is 6.82. The van der Waals surface area contributed by atoms with Crippen molar-refractivity contribution in [1.82, 2.24) is 9.13 Å². The van der Waals surface area contributed by atoms with E-state index in [4.69, 9.17) is 0 Å². The van der Waals surface area contributed by atoms with Crippen LogP contribution in [-0.4, -0.2) is 29.6 Å². The van der Waals surface area contributed by atoms with E-state index in [0.29, 0.717) is 28.8 Å². The van der Waals surface area contributed by atoms with Gasteiger partial charge >= 0.3 is 0 Å². The molecule has 6 nitrogen and oxygen atoms in total. The highest BCUT2D eigenvalue weighted by Crippen LogP contribution is 2.64. The fourth-order valence-electron chi connectivity index (χ4n) is 3.05. The highest BCUT2D eigenvalue weighted by molar-refractivity contribution is 6.12. The highest BCUT2D eigenvalue weighted by Gasteiger charge is 2.42. The molecule has 4 rings (SSSR count). The van der Waals surface area contributed by atoms with E-state index in [9.17, 15) is 20.4 Å². The van der Waals surface area contributed by atoms with E-state index in [1.54, 1.807) is 0 Å². The maximum absolute atomic E-state index is 10.4. The predicted octanol–water partition coefficient (Wildman–Crippen LogP) is 2.34. The Labute approximate surface area is 125 Å². The van der Waals surface area contributed by atoms with Gasteiger partial charge in [-0.1, -0.05) is 30.3 Å². The Morgan fingerprint density at radius 1 is 0.727 bits per heavy atom. The van der Waals surface area contributed by atoms with E-state index in [1.165, 1.54) is 16.2 Å². The van der Waals surface area contributed by atoms with E-state index < -0.39 is 0 Å². The Morgan fingerprint density at radius 3 is 1.68 bits per heavy atom. The van der Waals surface area contributed by atoms with Gasteiger partial charge in [0.2, 0.25) is 23.5 Å². The topological polar surface area (TPSA) is 90.8 Å². The van der Waals surface area contributed by atoms with E-state index in [-0.39, 0.29) is 23.5 Å². The maximum Gasteiger partial charge on any atom is 0.203 e. The maximum atomic E-state index is 10.4. The summed E-state index contributed by atoms with van der Waals surface area (Å²) in [4.78, 5) is 0. The zero-order valence-corrected chi connectivity index (χ0v) is 11.8. The molecule has 6 heteroatoms. The molecular weight excluding hydrogens is 284 g/mol. The van der Waals surface area contributed by atoms with Crippen LogP contribution in [0.25, 0.3) is 22.3 Å². The lowest BCUT2D eigenvalue weighted by Gasteiger charge is -2.14. The largest absolute Gasteiger partial charge is 0.494 e. The third-order valence-electron chi connectivity index (χ3n) is 4.22. The molecule has 1 aliphatic carbocycles. The van der Waals surface area contributed by atoms with Crippen molar-refractivity contribution in [1.29, 1.82) is 0 Å². The summed E-state index contributed by atoms with van der Waals surface area (Å²) < 4.78 is 2.57. The second-order valence-electron chi connectivity index (χ2n) is 5.43. The summed E-state index contributed by atoms with van der Waals surface area (Å²) in [5, 5.41) is 40.8. The van der Waals surface area contributed by atoms with Crippen LogP contribution in [0.4, 0.5) is 0 Å². The minimum absolute atomic E-state index is 0.121. The fraction of sp³-hybridized carbons (Fsp3) is 0.125. The number of rotatable bonds is 2. The van der Waals surface area contributed by atoms with Gasteiger partial charge in [-0.25, -0.2) is 0 Å². The summed E-state index contributed by atoms with van der Waals surface area (Å²) in [5.74, 6) is -0.506. The lowest BCUT2D eigenvalue weighted by atomic mass is 9.86. The normalized spacial score (nSPS) is 11.9. The third kappa shape index (κ3) is 1.34. The fourth-order valence-corrected chi connectivity index (χ4v) is 3.05. The van der Waals surface area contributed by atoms with Crippen molar-refractivity contribution in [3.05, 3.63) is 35.9 Å². The molecule has 0 radical (unpaired) electrons. The number of aromatic nitrogens is 2. The van der Waals surface area contributed by atoms with Crippen molar-refractivity contribution in [2.45, 2.75) is 6.54 Å². The molecule has 0 bridgehead atoms. The summed E-state index contributed by atoms with van der Waals surface area (Å²) in [7, 11) is 1.51. The second-order valence-corrected chi connectivity index (χ2v) is 5.43. The zero-order chi connectivity index (χ0) is 15.6. The minimum atomic E-state index is -0.132. The Balaban J connectivity index is 1.86. The molecule has 112 valence electrons. The molecule has 0 saturated carbocycles. The van der Waals surface area contributed by atoms with Gasteiger partial charge in [0.15, 0.2) is 0 Å². The Hall–Kier alpha value is -3.02. The number of benzene rings is 1. The van der Waals surface area contributed by atoms with Gasteiger partial charge in [0.1, 0.15) is 0 Å². The number of nitrogens with zero attached hydrogens (tertiary/aromatic N) is 2. The van der Waals surface area contributed by atoms with E-state index in [1.807, 2.05) is 30.3 Å². The van der Waals surface area contributed by atoms with Gasteiger partial charge in [0.25, 0.3) is 0 Å². The van der Waals surface area contributed by atoms with Crippen LogP contribution < -0.4 is 0 Å². The lowest BCUT2D eigenvalue weighted by molar-refractivity contribution is 0.376. The SMILES string of the molecule is Cn1c(O)c2c(c1O)-c1c-2c(O)n(Cc2ccccc2)c1O. The smallest absolute Gasteiger partial charge is 0.203 e. The molecule has 2 heterocycles. The van der Waals surface area contributed by atoms with Crippen molar-refractivity contribution in [3.8, 4) is 45.8 Å². The van der Waals surface area contributed by atoms with Gasteiger partial charge in [0.05, 0.1) is 28.8 Å². The van der Waals surface area contributed by atoms with Crippen LogP contribution >= 0.6 is 0 Å². The molecule has 0 aliphatic heterocycles. The zero-order valence-electron chi connectivity index (χ0n) is 11.8. The Morgan fingerprint density at radius 2 is 1.18 bits per heavy atom. The molecular formula is C16H14N2O4. The van der Waals surface area contributed by atoms with Crippen molar-refractivity contribution in [2.75, 3.05) is 0 Å². The van der Waals surface area contributed by atoms with Crippen LogP contribution in [0.1, 0.15) is 5.56 Å². The van der Waals surface area contributed by atoms with E-state index in [0.717, 1.165) is 5.56 Å². The molecule has 3 aromatic rings. The Bertz CT molecular complexity index is 856. The number of fused-ring (bicyclic) bond motifs is 4.